The number of unbranched alkanes of at least 4 members (excludes halogenated alkanes) is 1. The van der Waals surface area contributed by atoms with Crippen LogP contribution in [0.4, 0.5) is 0 Å². The predicted octanol–water partition coefficient (Wildman–Crippen LogP) is 6.11. The quantitative estimate of drug-likeness (QED) is 0.310. The number of benzene rings is 3. The smallest absolute Gasteiger partial charge is 0.122 e. The lowest BCUT2D eigenvalue weighted by Gasteiger charge is -2.12. The number of hydrogen-bond donors (Lipinski definition) is 0. The third-order valence-corrected chi connectivity index (χ3v) is 5.63. The molecule has 0 radical (unpaired) electrons. The van der Waals surface area contributed by atoms with Gasteiger partial charge in [-0.1, -0.05) is 36.4 Å². The SMILES string of the molecule is COc1ccc(Cc2nc3ccccc3n2CCCCOc2cc(C)ccc2C)cc1. The number of methoxy groups -OCH3 is 1. The van der Waals surface area contributed by atoms with Gasteiger partial charge in [-0.05, 0) is 73.7 Å². The van der Waals surface area contributed by atoms with Crippen molar-refractivity contribution in [3.8, 4) is 11.5 Å². The zero-order valence-electron chi connectivity index (χ0n) is 18.6. The van der Waals surface area contributed by atoms with Crippen molar-refractivity contribution in [1.82, 2.24) is 9.55 Å². The first-order valence-electron chi connectivity index (χ1n) is 10.9. The fraction of sp³-hybridized carbons (Fsp3) is 0.296. The number of nitrogens with zero attached hydrogens (tertiary/aromatic N) is 2. The molecule has 0 aliphatic carbocycles. The van der Waals surface area contributed by atoms with Gasteiger partial charge in [0, 0.05) is 13.0 Å². The fourth-order valence-electron chi connectivity index (χ4n) is 3.85. The first kappa shape index (κ1) is 21.0. The highest BCUT2D eigenvalue weighted by Crippen LogP contribution is 2.22. The van der Waals surface area contributed by atoms with Crippen LogP contribution in [-0.4, -0.2) is 23.3 Å². The Morgan fingerprint density at radius 2 is 1.71 bits per heavy atom. The molecule has 0 aliphatic rings. The summed E-state index contributed by atoms with van der Waals surface area (Å²) in [5, 5.41) is 0. The number of imidazole rings is 1. The molecule has 0 N–H and O–H groups in total. The number of aromatic nitrogens is 2. The van der Waals surface area contributed by atoms with Crippen LogP contribution >= 0.6 is 0 Å². The molecule has 4 heteroatoms. The lowest BCUT2D eigenvalue weighted by Crippen LogP contribution is -2.07. The van der Waals surface area contributed by atoms with Crippen LogP contribution in [0.15, 0.2) is 66.7 Å². The Morgan fingerprint density at radius 1 is 0.903 bits per heavy atom. The number of rotatable bonds is 9. The molecule has 3 aromatic carbocycles. The Kier molecular flexibility index (Phi) is 6.56. The van der Waals surface area contributed by atoms with Crippen LogP contribution in [0.1, 0.15) is 35.4 Å². The fourth-order valence-corrected chi connectivity index (χ4v) is 3.85. The van der Waals surface area contributed by atoms with Crippen LogP contribution in [-0.2, 0) is 13.0 Å². The van der Waals surface area contributed by atoms with Gasteiger partial charge in [-0.15, -0.1) is 0 Å². The summed E-state index contributed by atoms with van der Waals surface area (Å²) in [5.41, 5.74) is 5.90. The lowest BCUT2D eigenvalue weighted by atomic mass is 10.1. The van der Waals surface area contributed by atoms with Gasteiger partial charge in [-0.25, -0.2) is 4.98 Å². The maximum absolute atomic E-state index is 6.04. The van der Waals surface area contributed by atoms with E-state index in [2.05, 4.69) is 73.0 Å². The lowest BCUT2D eigenvalue weighted by molar-refractivity contribution is 0.301. The van der Waals surface area contributed by atoms with Gasteiger partial charge in [-0.3, -0.25) is 0 Å². The molecule has 4 nitrogen and oxygen atoms in total. The van der Waals surface area contributed by atoms with Gasteiger partial charge < -0.3 is 14.0 Å². The van der Waals surface area contributed by atoms with Gasteiger partial charge in [0.2, 0.25) is 0 Å². The van der Waals surface area contributed by atoms with Gasteiger partial charge in [-0.2, -0.15) is 0 Å². The minimum absolute atomic E-state index is 0.727. The van der Waals surface area contributed by atoms with Crippen molar-refractivity contribution in [2.45, 2.75) is 39.7 Å². The molecule has 0 saturated carbocycles. The van der Waals surface area contributed by atoms with Gasteiger partial charge in [0.25, 0.3) is 0 Å². The molecule has 4 aromatic rings. The van der Waals surface area contributed by atoms with E-state index in [1.54, 1.807) is 7.11 Å². The monoisotopic (exact) mass is 414 g/mol. The molecule has 0 fully saturated rings. The molecule has 0 amide bonds. The third kappa shape index (κ3) is 5.08. The minimum Gasteiger partial charge on any atom is -0.497 e. The van der Waals surface area contributed by atoms with Crippen molar-refractivity contribution >= 4 is 11.0 Å². The van der Waals surface area contributed by atoms with Crippen LogP contribution in [0.3, 0.4) is 0 Å². The summed E-state index contributed by atoms with van der Waals surface area (Å²) in [7, 11) is 1.69. The largest absolute Gasteiger partial charge is 0.497 e. The van der Waals surface area contributed by atoms with E-state index in [-0.39, 0.29) is 0 Å². The zero-order valence-corrected chi connectivity index (χ0v) is 18.6. The van der Waals surface area contributed by atoms with Crippen molar-refractivity contribution < 1.29 is 9.47 Å². The highest BCUT2D eigenvalue weighted by molar-refractivity contribution is 5.76. The molecule has 160 valence electrons. The Balaban J connectivity index is 1.42. The van der Waals surface area contributed by atoms with Crippen LogP contribution in [0.25, 0.3) is 11.0 Å². The average molecular weight is 415 g/mol. The van der Waals surface area contributed by atoms with E-state index in [1.165, 1.54) is 22.2 Å². The molecule has 0 unspecified atom stereocenters. The Hall–Kier alpha value is -3.27. The van der Waals surface area contributed by atoms with E-state index in [1.807, 2.05) is 12.1 Å². The Labute approximate surface area is 184 Å². The zero-order chi connectivity index (χ0) is 21.6. The summed E-state index contributed by atoms with van der Waals surface area (Å²) in [6, 6.07) is 23.0. The van der Waals surface area contributed by atoms with E-state index >= 15 is 0 Å². The van der Waals surface area contributed by atoms with Crippen molar-refractivity contribution in [2.24, 2.45) is 0 Å². The first-order chi connectivity index (χ1) is 15.1. The maximum Gasteiger partial charge on any atom is 0.122 e. The summed E-state index contributed by atoms with van der Waals surface area (Å²) >= 11 is 0. The molecule has 0 saturated heterocycles. The number of aryl methyl sites for hydroxylation is 3. The van der Waals surface area contributed by atoms with Crippen molar-refractivity contribution in [2.75, 3.05) is 13.7 Å². The number of ether oxygens (including phenoxy) is 2. The van der Waals surface area contributed by atoms with Gasteiger partial charge in [0.1, 0.15) is 17.3 Å². The van der Waals surface area contributed by atoms with Crippen LogP contribution in [0.2, 0.25) is 0 Å². The van der Waals surface area contributed by atoms with E-state index in [0.717, 1.165) is 55.3 Å². The molecule has 1 heterocycles. The predicted molar refractivity (Wildman–Crippen MR) is 126 cm³/mol. The molecule has 1 aromatic heterocycles. The third-order valence-electron chi connectivity index (χ3n) is 5.63. The highest BCUT2D eigenvalue weighted by Gasteiger charge is 2.11. The molecule has 0 aliphatic heterocycles. The summed E-state index contributed by atoms with van der Waals surface area (Å²) in [4.78, 5) is 4.92. The molecule has 4 rings (SSSR count). The molecular formula is C27H30N2O2. The molecule has 0 bridgehead atoms. The second kappa shape index (κ2) is 9.69. The molecular weight excluding hydrogens is 384 g/mol. The van der Waals surface area contributed by atoms with E-state index in [0.29, 0.717) is 0 Å². The average Bonchev–Trinajstić information content (AvgIpc) is 3.13. The normalized spacial score (nSPS) is 11.1. The standard InChI is InChI=1S/C27H30N2O2/c1-20-10-11-21(2)26(18-20)31-17-7-6-16-29-25-9-5-4-8-24(25)28-27(29)19-22-12-14-23(30-3)15-13-22/h4-5,8-15,18H,6-7,16-17,19H2,1-3H3. The molecule has 0 spiro atoms. The van der Waals surface area contributed by atoms with E-state index in [9.17, 15) is 0 Å². The summed E-state index contributed by atoms with van der Waals surface area (Å²) < 4.78 is 13.7. The second-order valence-corrected chi connectivity index (χ2v) is 8.02. The van der Waals surface area contributed by atoms with Crippen molar-refractivity contribution in [3.05, 3.63) is 89.2 Å². The molecule has 31 heavy (non-hydrogen) atoms. The number of para-hydroxylation sites is 2. The summed E-state index contributed by atoms with van der Waals surface area (Å²) in [6.45, 7) is 5.85. The first-order valence-corrected chi connectivity index (χ1v) is 10.9. The minimum atomic E-state index is 0.727. The van der Waals surface area contributed by atoms with Gasteiger partial charge >= 0.3 is 0 Å². The topological polar surface area (TPSA) is 36.3 Å². The van der Waals surface area contributed by atoms with Crippen LogP contribution in [0.5, 0.6) is 11.5 Å². The maximum atomic E-state index is 6.04. The molecule has 0 atom stereocenters. The summed E-state index contributed by atoms with van der Waals surface area (Å²) in [6.07, 6.45) is 2.85. The van der Waals surface area contributed by atoms with E-state index in [4.69, 9.17) is 14.5 Å². The highest BCUT2D eigenvalue weighted by atomic mass is 16.5. The van der Waals surface area contributed by atoms with E-state index < -0.39 is 0 Å². The Morgan fingerprint density at radius 3 is 2.52 bits per heavy atom. The number of hydrogen-bond acceptors (Lipinski definition) is 3. The van der Waals surface area contributed by atoms with Gasteiger partial charge in [0.05, 0.1) is 24.8 Å². The van der Waals surface area contributed by atoms with Crippen LogP contribution in [0, 0.1) is 13.8 Å². The van der Waals surface area contributed by atoms with Crippen LogP contribution < -0.4 is 9.47 Å². The Bertz CT molecular complexity index is 1150. The van der Waals surface area contributed by atoms with Crippen molar-refractivity contribution in [1.29, 1.82) is 0 Å². The second-order valence-electron chi connectivity index (χ2n) is 8.02. The summed E-state index contributed by atoms with van der Waals surface area (Å²) in [5.74, 6) is 2.97. The number of fused-ring (bicyclic) bond motifs is 1. The van der Waals surface area contributed by atoms with Gasteiger partial charge in [0.15, 0.2) is 0 Å². The van der Waals surface area contributed by atoms with Crippen molar-refractivity contribution in [3.63, 3.8) is 0 Å².